The fourth-order valence-electron chi connectivity index (χ4n) is 15.9. The van der Waals surface area contributed by atoms with Gasteiger partial charge in [0.05, 0.1) is 0 Å². The van der Waals surface area contributed by atoms with Crippen molar-refractivity contribution >= 4 is 11.3 Å². The van der Waals surface area contributed by atoms with Gasteiger partial charge in [-0.15, -0.1) is 75.8 Å². The van der Waals surface area contributed by atoms with Crippen LogP contribution < -0.4 is 0 Å². The number of piperidine rings is 11. The molecule has 434 valence electrons. The third kappa shape index (κ3) is 18.2. The van der Waals surface area contributed by atoms with Gasteiger partial charge < -0.3 is 63.8 Å². The molecule has 11 saturated heterocycles. The average molecular weight is 1270 g/mol. The molecule has 0 bridgehead atoms. The molecule has 0 aromatic carbocycles. The minimum atomic E-state index is 0. The van der Waals surface area contributed by atoms with E-state index in [9.17, 15) is 0 Å². The molecule has 0 aliphatic carbocycles. The van der Waals surface area contributed by atoms with Crippen molar-refractivity contribution in [3.8, 4) is 0 Å². The van der Waals surface area contributed by atoms with Crippen LogP contribution in [0.15, 0.2) is 36.1 Å². The number of thiophene rings is 1. The maximum atomic E-state index is 5.51. The molecule has 1 aromatic rings. The summed E-state index contributed by atoms with van der Waals surface area (Å²) in [6.45, 7) is 8.20. The van der Waals surface area contributed by atoms with E-state index in [4.69, 9.17) is 58.5 Å². The number of hydrogen-bond acceptors (Lipinski definition) is 1. The topological polar surface area (TPSA) is 169 Å². The molecule has 0 spiro atoms. The van der Waals surface area contributed by atoms with Gasteiger partial charge in [-0.2, -0.15) is 90.3 Å². The van der Waals surface area contributed by atoms with Crippen LogP contribution in [-0.2, 0) is 39.0 Å². The van der Waals surface area contributed by atoms with Crippen molar-refractivity contribution < 1.29 is 39.0 Å². The summed E-state index contributed by atoms with van der Waals surface area (Å²) in [5, 5.41) is 60.6. The maximum absolute atomic E-state index is 5.51. The maximum Gasteiger partial charge on any atom is 8.00 e. The van der Waals surface area contributed by atoms with Crippen LogP contribution in [0.3, 0.4) is 0 Å². The molecular formula is C64H100N12Ru2S+4. The molecule has 0 amide bonds. The van der Waals surface area contributed by atoms with Crippen LogP contribution in [0, 0.1) is 0 Å². The van der Waals surface area contributed by atoms with Crippen LogP contribution in [0.25, 0.3) is 63.8 Å². The smallest absolute Gasteiger partial charge is 0.686 e. The summed E-state index contributed by atoms with van der Waals surface area (Å²) in [5.74, 6) is 1.22. The second kappa shape index (κ2) is 33.6. The van der Waals surface area contributed by atoms with Crippen molar-refractivity contribution in [3.05, 3.63) is 110 Å². The summed E-state index contributed by atoms with van der Waals surface area (Å²) in [4.78, 5) is 3.22. The fraction of sp³-hybridized carbons (Fsp3) is 0.875. The van der Waals surface area contributed by atoms with Crippen molar-refractivity contribution in [2.24, 2.45) is 0 Å². The van der Waals surface area contributed by atoms with Crippen molar-refractivity contribution in [2.45, 2.75) is 302 Å². The van der Waals surface area contributed by atoms with Gasteiger partial charge in [-0.05, 0) is 24.0 Å². The Morgan fingerprint density at radius 1 is 0.316 bits per heavy atom. The van der Waals surface area contributed by atoms with Gasteiger partial charge in [0, 0.05) is 9.75 Å². The van der Waals surface area contributed by atoms with E-state index in [2.05, 4.69) is 47.0 Å². The molecule has 12 aliphatic heterocycles. The van der Waals surface area contributed by atoms with E-state index in [1.807, 2.05) is 0 Å². The van der Waals surface area contributed by atoms with Crippen LogP contribution in [0.1, 0.15) is 221 Å². The van der Waals surface area contributed by atoms with E-state index in [1.165, 1.54) is 205 Å². The van der Waals surface area contributed by atoms with E-state index >= 15 is 0 Å². The summed E-state index contributed by atoms with van der Waals surface area (Å²) in [5.41, 5.74) is 1.19. The second-order valence-electron chi connectivity index (χ2n) is 25.7. The first kappa shape index (κ1) is 63.3. The summed E-state index contributed by atoms with van der Waals surface area (Å²) in [7, 11) is 0. The molecule has 15 heteroatoms. The summed E-state index contributed by atoms with van der Waals surface area (Å²) in [6.07, 6.45) is 45.7. The predicted molar refractivity (Wildman–Crippen MR) is 326 cm³/mol. The fourth-order valence-corrected chi connectivity index (χ4v) is 17.1. The first-order valence-corrected chi connectivity index (χ1v) is 33.6. The molecule has 12 aliphatic rings. The van der Waals surface area contributed by atoms with Crippen LogP contribution in [0.4, 0.5) is 0 Å². The Labute approximate surface area is 510 Å². The monoisotopic (exact) mass is 1270 g/mol. The van der Waals surface area contributed by atoms with Gasteiger partial charge in [-0.1, -0.05) is 211 Å². The Bertz CT molecular complexity index is 1750. The predicted octanol–water partition coefficient (Wildman–Crippen LogP) is 17.6. The summed E-state index contributed by atoms with van der Waals surface area (Å²) >= 11 is 2.13. The minimum absolute atomic E-state index is 0. The van der Waals surface area contributed by atoms with Crippen molar-refractivity contribution in [3.63, 3.8) is 0 Å². The molecular weight excluding hydrogens is 1170 g/mol. The number of nitrogens with zero attached hydrogens (tertiary/aromatic N) is 12. The average Bonchev–Trinajstić information content (AvgIpc) is 4.08. The standard InChI is InChI=1S/C34H52N6S.C15H26N3.C15H22N3.2Ru/c1-5-15-35-25(9-1)29-19-23(20-30(39-29)26-10-2-6-16-36-26)33-13-14-34(41-33)24-21-31(27-11-3-7-17-37-27)40-32(22-24)28-12-4-8-18-38-28;2*1-3-10-16-12(6-1)14-8-5-9-15(18-14)13-7-2-4-11-17-13;;/h13-14,23-32H,1-12,15-22H2;12-15H,1-11H2;1,3,6,13-15H,2,4-5,7-11H2;;/q-6;2*-3;2*+8. The summed E-state index contributed by atoms with van der Waals surface area (Å²) < 4.78 is 0. The quantitative estimate of drug-likeness (QED) is 0.203. The van der Waals surface area contributed by atoms with Gasteiger partial charge in [0.1, 0.15) is 0 Å². The van der Waals surface area contributed by atoms with Gasteiger partial charge in [-0.3, -0.25) is 0 Å². The molecule has 79 heavy (non-hydrogen) atoms. The first-order valence-electron chi connectivity index (χ1n) is 32.8. The van der Waals surface area contributed by atoms with E-state index in [0.29, 0.717) is 102 Å². The Hall–Kier alpha value is -0.213. The number of rotatable bonds is 10. The zero-order valence-electron chi connectivity index (χ0n) is 48.3. The van der Waals surface area contributed by atoms with E-state index in [-0.39, 0.29) is 39.0 Å². The minimum Gasteiger partial charge on any atom is -0.686 e. The molecule has 1 aromatic heterocycles. The van der Waals surface area contributed by atoms with E-state index < -0.39 is 0 Å². The van der Waals surface area contributed by atoms with Crippen LogP contribution in [0.2, 0.25) is 0 Å². The molecule has 12 nitrogen and oxygen atoms in total. The van der Waals surface area contributed by atoms with Crippen LogP contribution in [-0.4, -0.2) is 143 Å². The Morgan fingerprint density at radius 3 is 0.937 bits per heavy atom. The zero-order valence-corrected chi connectivity index (χ0v) is 52.6. The molecule has 0 radical (unpaired) electrons. The van der Waals surface area contributed by atoms with Crippen molar-refractivity contribution in [1.82, 2.24) is 0 Å². The van der Waals surface area contributed by atoms with Gasteiger partial charge >= 0.3 is 39.0 Å². The molecule has 13 rings (SSSR count). The molecule has 0 N–H and O–H groups in total. The zero-order chi connectivity index (χ0) is 51.9. The second-order valence-corrected chi connectivity index (χ2v) is 26.8. The molecule has 0 saturated carbocycles. The van der Waals surface area contributed by atoms with E-state index in [1.54, 1.807) is 9.75 Å². The Kier molecular flexibility index (Phi) is 26.9. The van der Waals surface area contributed by atoms with E-state index in [0.717, 1.165) is 52.4 Å². The van der Waals surface area contributed by atoms with Gasteiger partial charge in [-0.25, -0.2) is 0 Å². The van der Waals surface area contributed by atoms with Crippen LogP contribution >= 0.6 is 11.3 Å². The Morgan fingerprint density at radius 2 is 0.620 bits per heavy atom. The van der Waals surface area contributed by atoms with Gasteiger partial charge in [0.15, 0.2) is 0 Å². The van der Waals surface area contributed by atoms with Gasteiger partial charge in [0.2, 0.25) is 0 Å². The third-order valence-electron chi connectivity index (χ3n) is 20.2. The van der Waals surface area contributed by atoms with Crippen LogP contribution in [0.5, 0.6) is 0 Å². The largest absolute Gasteiger partial charge is 8.00 e. The molecule has 13 heterocycles. The molecule has 15 atom stereocenters. The number of hydrogen-bond donors (Lipinski definition) is 0. The van der Waals surface area contributed by atoms with Crippen molar-refractivity contribution in [2.75, 3.05) is 52.4 Å². The molecule has 15 unspecified atom stereocenters. The third-order valence-corrected chi connectivity index (χ3v) is 21.6. The Balaban J connectivity index is 0.000000165. The summed E-state index contributed by atoms with van der Waals surface area (Å²) in [6, 6.07) is 11.8. The van der Waals surface area contributed by atoms with Gasteiger partial charge in [0.25, 0.3) is 0 Å². The molecule has 11 fully saturated rings. The number of allylic oxidation sites excluding steroid dienone is 2. The SMILES string of the molecule is C1=CC[N-]C(C2CCCC(C3CCCC[N-]3)[N-]2)=C1.C1CCC(C2CCCC(C3CCCC[N-]3)[N-]2)[N-]C1.[Ru+8].[Ru+8].c1cc(C2CC(C3CCCC[N-]3)[N-]C(C3CCCC[N-]3)C2)sc1C1CC(C2CCCC[N-]2)[N-]C(C2CCCC[N-]2)C1. The first-order chi connectivity index (χ1) is 38.2. The van der Waals surface area contributed by atoms with Crippen molar-refractivity contribution in [1.29, 1.82) is 0 Å². The normalized spacial score (nSPS) is 40.5.